The van der Waals surface area contributed by atoms with E-state index < -0.39 is 17.6 Å². The average molecular weight is 392 g/mol. The van der Waals surface area contributed by atoms with Crippen LogP contribution >= 0.6 is 0 Å². The molecule has 1 amide bonds. The van der Waals surface area contributed by atoms with Crippen molar-refractivity contribution in [2.24, 2.45) is 0 Å². The molecule has 1 aromatic heterocycles. The molecule has 1 aromatic carbocycles. The summed E-state index contributed by atoms with van der Waals surface area (Å²) in [5.74, 6) is 0.558. The number of nitrogens with one attached hydrogen (secondary N) is 2. The van der Waals surface area contributed by atoms with E-state index in [1.54, 1.807) is 13.0 Å². The second kappa shape index (κ2) is 8.58. The number of nitrogens with zero attached hydrogens (tertiary/aromatic N) is 2. The van der Waals surface area contributed by atoms with E-state index in [0.717, 1.165) is 25.0 Å². The minimum Gasteiger partial charge on any atom is -0.367 e. The van der Waals surface area contributed by atoms with Crippen LogP contribution in [0.5, 0.6) is 0 Å². The third-order valence-corrected chi connectivity index (χ3v) is 4.75. The molecule has 0 radical (unpaired) electrons. The molecule has 150 valence electrons. The number of anilines is 2. The van der Waals surface area contributed by atoms with Gasteiger partial charge in [0.25, 0.3) is 5.91 Å². The Hall–Kier alpha value is -2.64. The fourth-order valence-electron chi connectivity index (χ4n) is 3.33. The summed E-state index contributed by atoms with van der Waals surface area (Å²) >= 11 is 0. The number of alkyl halides is 3. The van der Waals surface area contributed by atoms with Crippen molar-refractivity contribution in [3.05, 3.63) is 47.4 Å². The van der Waals surface area contributed by atoms with Gasteiger partial charge >= 0.3 is 6.18 Å². The topological polar surface area (TPSA) is 66.9 Å². The summed E-state index contributed by atoms with van der Waals surface area (Å²) < 4.78 is 37.9. The quantitative estimate of drug-likeness (QED) is 0.703. The summed E-state index contributed by atoms with van der Waals surface area (Å²) in [7, 11) is 0. The van der Waals surface area contributed by atoms with Gasteiger partial charge in [0.05, 0.1) is 5.56 Å². The number of hydrogen-bond acceptors (Lipinski definition) is 4. The molecule has 2 aromatic rings. The van der Waals surface area contributed by atoms with Crippen molar-refractivity contribution in [1.29, 1.82) is 0 Å². The molecule has 3 rings (SSSR count). The van der Waals surface area contributed by atoms with E-state index in [4.69, 9.17) is 0 Å². The molecule has 0 atom stereocenters. The van der Waals surface area contributed by atoms with Crippen LogP contribution in [0.3, 0.4) is 0 Å². The van der Waals surface area contributed by atoms with Crippen molar-refractivity contribution in [3.8, 4) is 0 Å². The Bertz CT molecular complexity index is 813. The van der Waals surface area contributed by atoms with E-state index in [9.17, 15) is 18.0 Å². The summed E-state index contributed by atoms with van der Waals surface area (Å²) in [5.41, 5.74) is -0.325. The number of carbonyl (C=O) groups excluding carboxylic acids is 1. The molecule has 28 heavy (non-hydrogen) atoms. The fraction of sp³-hybridized carbons (Fsp3) is 0.450. The lowest BCUT2D eigenvalue weighted by Gasteiger charge is -2.17. The van der Waals surface area contributed by atoms with E-state index >= 15 is 0 Å². The zero-order valence-corrected chi connectivity index (χ0v) is 15.6. The SMILES string of the molecule is Cc1nc(NC2CCCCCC2)cc(C(=O)Nc2ccc(C(F)(F)F)cc2)n1. The number of carbonyl (C=O) groups is 1. The second-order valence-corrected chi connectivity index (χ2v) is 7.05. The normalized spacial score (nSPS) is 15.7. The van der Waals surface area contributed by atoms with E-state index in [0.29, 0.717) is 17.7 Å². The van der Waals surface area contributed by atoms with E-state index in [1.165, 1.54) is 37.8 Å². The van der Waals surface area contributed by atoms with Gasteiger partial charge in [0.2, 0.25) is 0 Å². The van der Waals surface area contributed by atoms with Gasteiger partial charge < -0.3 is 10.6 Å². The molecule has 0 unspecified atom stereocenters. The number of rotatable bonds is 4. The van der Waals surface area contributed by atoms with Gasteiger partial charge in [-0.15, -0.1) is 0 Å². The van der Waals surface area contributed by atoms with Crippen molar-refractivity contribution in [2.75, 3.05) is 10.6 Å². The van der Waals surface area contributed by atoms with Crippen molar-refractivity contribution in [2.45, 2.75) is 57.7 Å². The van der Waals surface area contributed by atoms with Gasteiger partial charge in [-0.2, -0.15) is 13.2 Å². The van der Waals surface area contributed by atoms with Crippen LogP contribution in [0.1, 0.15) is 60.4 Å². The van der Waals surface area contributed by atoms with Gasteiger partial charge in [-0.25, -0.2) is 9.97 Å². The molecule has 0 bridgehead atoms. The van der Waals surface area contributed by atoms with E-state index in [2.05, 4.69) is 20.6 Å². The summed E-state index contributed by atoms with van der Waals surface area (Å²) in [6, 6.07) is 6.21. The second-order valence-electron chi connectivity index (χ2n) is 7.05. The van der Waals surface area contributed by atoms with Crippen LogP contribution < -0.4 is 10.6 Å². The first-order valence-corrected chi connectivity index (χ1v) is 9.42. The minimum absolute atomic E-state index is 0.170. The molecule has 0 spiro atoms. The smallest absolute Gasteiger partial charge is 0.367 e. The fourth-order valence-corrected chi connectivity index (χ4v) is 3.33. The Kier molecular flexibility index (Phi) is 6.16. The largest absolute Gasteiger partial charge is 0.416 e. The highest BCUT2D eigenvalue weighted by atomic mass is 19.4. The van der Waals surface area contributed by atoms with Crippen molar-refractivity contribution in [3.63, 3.8) is 0 Å². The van der Waals surface area contributed by atoms with Crippen LogP contribution in [0.2, 0.25) is 0 Å². The molecule has 1 fully saturated rings. The molecular formula is C20H23F3N4O. The summed E-state index contributed by atoms with van der Waals surface area (Å²) in [6.45, 7) is 1.70. The predicted octanol–water partition coefficient (Wildman–Crippen LogP) is 5.19. The lowest BCUT2D eigenvalue weighted by atomic mass is 10.1. The zero-order chi connectivity index (χ0) is 20.1. The Morgan fingerprint density at radius 1 is 1.04 bits per heavy atom. The monoisotopic (exact) mass is 392 g/mol. The first-order chi connectivity index (χ1) is 13.3. The number of amides is 1. The van der Waals surface area contributed by atoms with Gasteiger partial charge in [0.15, 0.2) is 0 Å². The van der Waals surface area contributed by atoms with Crippen LogP contribution in [0, 0.1) is 6.92 Å². The molecule has 0 saturated heterocycles. The van der Waals surface area contributed by atoms with Crippen molar-refractivity contribution >= 4 is 17.4 Å². The van der Waals surface area contributed by atoms with Crippen LogP contribution in [-0.4, -0.2) is 21.9 Å². The Morgan fingerprint density at radius 3 is 2.29 bits per heavy atom. The predicted molar refractivity (Wildman–Crippen MR) is 101 cm³/mol. The molecule has 1 heterocycles. The van der Waals surface area contributed by atoms with Crippen LogP contribution in [0.25, 0.3) is 0 Å². The Labute approximate surface area is 161 Å². The number of aromatic nitrogens is 2. The third-order valence-electron chi connectivity index (χ3n) is 4.75. The summed E-state index contributed by atoms with van der Waals surface area (Å²) in [4.78, 5) is 21.0. The molecule has 5 nitrogen and oxygen atoms in total. The van der Waals surface area contributed by atoms with Crippen LogP contribution in [-0.2, 0) is 6.18 Å². The maximum absolute atomic E-state index is 12.6. The van der Waals surface area contributed by atoms with Gasteiger partial charge in [-0.1, -0.05) is 25.7 Å². The van der Waals surface area contributed by atoms with Crippen molar-refractivity contribution in [1.82, 2.24) is 9.97 Å². The Balaban J connectivity index is 1.70. The number of hydrogen-bond donors (Lipinski definition) is 2. The lowest BCUT2D eigenvalue weighted by molar-refractivity contribution is -0.137. The Morgan fingerprint density at radius 2 is 1.68 bits per heavy atom. The van der Waals surface area contributed by atoms with Crippen molar-refractivity contribution < 1.29 is 18.0 Å². The first-order valence-electron chi connectivity index (χ1n) is 9.42. The summed E-state index contributed by atoms with van der Waals surface area (Å²) in [5, 5.41) is 5.97. The maximum atomic E-state index is 12.6. The highest BCUT2D eigenvalue weighted by molar-refractivity contribution is 6.03. The molecule has 1 saturated carbocycles. The van der Waals surface area contributed by atoms with Gasteiger partial charge in [-0.05, 0) is 44.0 Å². The van der Waals surface area contributed by atoms with Crippen LogP contribution in [0.4, 0.5) is 24.7 Å². The standard InChI is InChI=1S/C20H23F3N4O/c1-13-24-17(12-18(25-13)26-15-6-4-2-3-5-7-15)19(28)27-16-10-8-14(9-11-16)20(21,22)23/h8-12,15H,2-7H2,1H3,(H,27,28)(H,24,25,26). The molecule has 1 aliphatic rings. The number of halogens is 3. The lowest BCUT2D eigenvalue weighted by Crippen LogP contribution is -2.21. The van der Waals surface area contributed by atoms with Gasteiger partial charge in [-0.3, -0.25) is 4.79 Å². The van der Waals surface area contributed by atoms with Gasteiger partial charge in [0.1, 0.15) is 17.3 Å². The van der Waals surface area contributed by atoms with E-state index in [-0.39, 0.29) is 11.4 Å². The van der Waals surface area contributed by atoms with Crippen LogP contribution in [0.15, 0.2) is 30.3 Å². The molecular weight excluding hydrogens is 369 g/mol. The molecule has 2 N–H and O–H groups in total. The zero-order valence-electron chi connectivity index (χ0n) is 15.6. The molecule has 8 heteroatoms. The number of benzene rings is 1. The van der Waals surface area contributed by atoms with Gasteiger partial charge in [0, 0.05) is 17.8 Å². The first kappa shape index (κ1) is 20.1. The number of aryl methyl sites for hydroxylation is 1. The molecule has 0 aliphatic heterocycles. The minimum atomic E-state index is -4.41. The third kappa shape index (κ3) is 5.43. The highest BCUT2D eigenvalue weighted by Gasteiger charge is 2.30. The average Bonchev–Trinajstić information content (AvgIpc) is 2.89. The molecule has 1 aliphatic carbocycles. The van der Waals surface area contributed by atoms with E-state index in [1.807, 2.05) is 0 Å². The maximum Gasteiger partial charge on any atom is 0.416 e. The highest BCUT2D eigenvalue weighted by Crippen LogP contribution is 2.30. The summed E-state index contributed by atoms with van der Waals surface area (Å²) in [6.07, 6.45) is 2.53.